The van der Waals surface area contributed by atoms with Crippen molar-refractivity contribution in [1.29, 1.82) is 0 Å². The molecule has 0 aromatic carbocycles. The van der Waals surface area contributed by atoms with Crippen LogP contribution >= 0.6 is 27.3 Å². The molecule has 4 nitrogen and oxygen atoms in total. The molecule has 0 bridgehead atoms. The van der Waals surface area contributed by atoms with Gasteiger partial charge < -0.3 is 10.1 Å². The lowest BCUT2D eigenvalue weighted by molar-refractivity contribution is -0.113. The van der Waals surface area contributed by atoms with E-state index in [9.17, 15) is 9.59 Å². The van der Waals surface area contributed by atoms with Gasteiger partial charge in [-0.15, -0.1) is 11.3 Å². The van der Waals surface area contributed by atoms with Crippen LogP contribution in [0.3, 0.4) is 0 Å². The highest BCUT2D eigenvalue weighted by atomic mass is 79.9. The second-order valence-electron chi connectivity index (χ2n) is 2.34. The fourth-order valence-electron chi connectivity index (χ4n) is 0.842. The molecule has 1 heterocycles. The number of alkyl halides is 1. The average molecular weight is 278 g/mol. The number of anilines is 1. The standard InChI is InChI=1S/C8H8BrNO3S/c1-13-8(12)7-5(2-3-14-7)10-6(11)4-9/h2-3H,4H2,1H3,(H,10,11). The Morgan fingerprint density at radius 2 is 2.36 bits per heavy atom. The van der Waals surface area contributed by atoms with E-state index in [2.05, 4.69) is 26.0 Å². The van der Waals surface area contributed by atoms with Crippen LogP contribution in [-0.4, -0.2) is 24.3 Å². The van der Waals surface area contributed by atoms with Gasteiger partial charge in [-0.3, -0.25) is 4.79 Å². The van der Waals surface area contributed by atoms with E-state index in [1.54, 1.807) is 11.4 Å². The lowest BCUT2D eigenvalue weighted by Crippen LogP contribution is -2.14. The van der Waals surface area contributed by atoms with E-state index in [0.717, 1.165) is 0 Å². The molecule has 0 spiro atoms. The van der Waals surface area contributed by atoms with Crippen LogP contribution in [0.15, 0.2) is 11.4 Å². The number of carbonyl (C=O) groups excluding carboxylic acids is 2. The van der Waals surface area contributed by atoms with E-state index in [4.69, 9.17) is 0 Å². The summed E-state index contributed by atoms with van der Waals surface area (Å²) < 4.78 is 4.56. The Morgan fingerprint density at radius 3 is 2.93 bits per heavy atom. The fraction of sp³-hybridized carbons (Fsp3) is 0.250. The molecule has 76 valence electrons. The number of methoxy groups -OCH3 is 1. The predicted octanol–water partition coefficient (Wildman–Crippen LogP) is 1.87. The number of amides is 1. The molecule has 0 aliphatic heterocycles. The van der Waals surface area contributed by atoms with Gasteiger partial charge in [-0.2, -0.15) is 0 Å². The van der Waals surface area contributed by atoms with Crippen LogP contribution < -0.4 is 5.32 Å². The van der Waals surface area contributed by atoms with Crippen molar-refractivity contribution in [2.24, 2.45) is 0 Å². The molecule has 0 aliphatic carbocycles. The second kappa shape index (κ2) is 5.11. The molecule has 1 N–H and O–H groups in total. The number of thiophene rings is 1. The van der Waals surface area contributed by atoms with Gasteiger partial charge in [0.05, 0.1) is 18.1 Å². The van der Waals surface area contributed by atoms with Gasteiger partial charge in [-0.05, 0) is 11.4 Å². The molecular formula is C8H8BrNO3S. The topological polar surface area (TPSA) is 55.4 Å². The Hall–Kier alpha value is -0.880. The van der Waals surface area contributed by atoms with Gasteiger partial charge in [0.1, 0.15) is 4.88 Å². The summed E-state index contributed by atoms with van der Waals surface area (Å²) in [5.41, 5.74) is 0.492. The maximum atomic E-state index is 11.2. The van der Waals surface area contributed by atoms with Gasteiger partial charge in [0.25, 0.3) is 0 Å². The minimum Gasteiger partial charge on any atom is -0.465 e. The molecule has 1 amide bonds. The lowest BCUT2D eigenvalue weighted by atomic mass is 10.4. The molecule has 1 aromatic heterocycles. The molecule has 0 saturated heterocycles. The van der Waals surface area contributed by atoms with Gasteiger partial charge in [0.2, 0.25) is 5.91 Å². The Morgan fingerprint density at radius 1 is 1.64 bits per heavy atom. The number of hydrogen-bond donors (Lipinski definition) is 1. The Bertz CT molecular complexity index is 350. The summed E-state index contributed by atoms with van der Waals surface area (Å²) in [5.74, 6) is -0.640. The highest BCUT2D eigenvalue weighted by Gasteiger charge is 2.14. The Balaban J connectivity index is 2.82. The maximum Gasteiger partial charge on any atom is 0.350 e. The van der Waals surface area contributed by atoms with Crippen molar-refractivity contribution in [3.05, 3.63) is 16.3 Å². The monoisotopic (exact) mass is 277 g/mol. The first-order valence-corrected chi connectivity index (χ1v) is 5.70. The molecule has 0 saturated carbocycles. The number of ether oxygens (including phenoxy) is 1. The van der Waals surface area contributed by atoms with Crippen LogP contribution in [0.1, 0.15) is 9.67 Å². The summed E-state index contributed by atoms with van der Waals surface area (Å²) in [5, 5.41) is 4.50. The lowest BCUT2D eigenvalue weighted by Gasteiger charge is -2.02. The molecule has 14 heavy (non-hydrogen) atoms. The molecule has 1 rings (SSSR count). The van der Waals surface area contributed by atoms with Crippen LogP contribution in [0.25, 0.3) is 0 Å². The van der Waals surface area contributed by atoms with E-state index in [1.165, 1.54) is 18.4 Å². The van der Waals surface area contributed by atoms with Gasteiger partial charge in [0, 0.05) is 0 Å². The van der Waals surface area contributed by atoms with Crippen molar-refractivity contribution in [2.75, 3.05) is 17.8 Å². The summed E-state index contributed by atoms with van der Waals surface area (Å²) in [4.78, 5) is 22.6. The summed E-state index contributed by atoms with van der Waals surface area (Å²) in [7, 11) is 1.30. The SMILES string of the molecule is COC(=O)c1sccc1NC(=O)CBr. The predicted molar refractivity (Wildman–Crippen MR) is 58.1 cm³/mol. The van der Waals surface area contributed by atoms with Crippen molar-refractivity contribution in [3.8, 4) is 0 Å². The molecule has 1 aromatic rings. The number of rotatable bonds is 3. The maximum absolute atomic E-state index is 11.2. The Labute approximate surface area is 93.4 Å². The van der Waals surface area contributed by atoms with E-state index in [0.29, 0.717) is 10.6 Å². The quantitative estimate of drug-likeness (QED) is 0.678. The zero-order valence-electron chi connectivity index (χ0n) is 7.37. The number of halogens is 1. The minimum absolute atomic E-state index is 0.198. The third-order valence-electron chi connectivity index (χ3n) is 1.43. The van der Waals surface area contributed by atoms with Crippen LogP contribution in [0.4, 0.5) is 5.69 Å². The van der Waals surface area contributed by atoms with E-state index in [-0.39, 0.29) is 11.2 Å². The molecule has 6 heteroatoms. The highest BCUT2D eigenvalue weighted by molar-refractivity contribution is 9.09. The smallest absolute Gasteiger partial charge is 0.350 e. The summed E-state index contributed by atoms with van der Waals surface area (Å²) >= 11 is 4.24. The van der Waals surface area contributed by atoms with Gasteiger partial charge in [0.15, 0.2) is 0 Å². The first-order chi connectivity index (χ1) is 6.69. The van der Waals surface area contributed by atoms with Crippen LogP contribution in [0.5, 0.6) is 0 Å². The van der Waals surface area contributed by atoms with E-state index in [1.807, 2.05) is 0 Å². The van der Waals surface area contributed by atoms with E-state index >= 15 is 0 Å². The van der Waals surface area contributed by atoms with Crippen molar-refractivity contribution >= 4 is 44.8 Å². The van der Waals surface area contributed by atoms with Crippen molar-refractivity contribution in [1.82, 2.24) is 0 Å². The van der Waals surface area contributed by atoms with Gasteiger partial charge in [-0.25, -0.2) is 4.79 Å². The number of nitrogens with one attached hydrogen (secondary N) is 1. The number of hydrogen-bond acceptors (Lipinski definition) is 4. The Kier molecular flexibility index (Phi) is 4.09. The fourth-order valence-corrected chi connectivity index (χ4v) is 1.75. The van der Waals surface area contributed by atoms with Crippen molar-refractivity contribution in [3.63, 3.8) is 0 Å². The molecule has 0 radical (unpaired) electrons. The first kappa shape index (κ1) is 11.2. The van der Waals surface area contributed by atoms with Crippen molar-refractivity contribution in [2.45, 2.75) is 0 Å². The molecule has 0 fully saturated rings. The molecule has 0 unspecified atom stereocenters. The molecule has 0 aliphatic rings. The highest BCUT2D eigenvalue weighted by Crippen LogP contribution is 2.22. The number of carbonyl (C=O) groups is 2. The molecule has 0 atom stereocenters. The van der Waals surface area contributed by atoms with Crippen LogP contribution in [0, 0.1) is 0 Å². The van der Waals surface area contributed by atoms with E-state index < -0.39 is 5.97 Å². The van der Waals surface area contributed by atoms with Crippen LogP contribution in [0.2, 0.25) is 0 Å². The number of esters is 1. The van der Waals surface area contributed by atoms with Gasteiger partial charge in [-0.1, -0.05) is 15.9 Å². The van der Waals surface area contributed by atoms with Crippen LogP contribution in [-0.2, 0) is 9.53 Å². The van der Waals surface area contributed by atoms with Gasteiger partial charge >= 0.3 is 5.97 Å². The third-order valence-corrected chi connectivity index (χ3v) is 2.84. The zero-order valence-corrected chi connectivity index (χ0v) is 9.78. The molecular weight excluding hydrogens is 270 g/mol. The van der Waals surface area contributed by atoms with Crippen molar-refractivity contribution < 1.29 is 14.3 Å². The second-order valence-corrected chi connectivity index (χ2v) is 3.81. The summed E-state index contributed by atoms with van der Waals surface area (Å²) in [6, 6.07) is 1.66. The third kappa shape index (κ3) is 2.55. The zero-order chi connectivity index (χ0) is 10.6. The summed E-state index contributed by atoms with van der Waals surface area (Å²) in [6.07, 6.45) is 0. The minimum atomic E-state index is -0.440. The average Bonchev–Trinajstić information content (AvgIpc) is 2.64. The normalized spacial score (nSPS) is 9.57. The largest absolute Gasteiger partial charge is 0.465 e. The summed E-state index contributed by atoms with van der Waals surface area (Å²) in [6.45, 7) is 0. The first-order valence-electron chi connectivity index (χ1n) is 3.70.